The molecule has 2 heteroatoms. The van der Waals surface area contributed by atoms with Crippen molar-refractivity contribution in [1.29, 1.82) is 0 Å². The van der Waals surface area contributed by atoms with Crippen molar-refractivity contribution >= 4 is 11.6 Å². The molecule has 0 spiro atoms. The van der Waals surface area contributed by atoms with E-state index in [1.807, 2.05) is 0 Å². The molecular formula is C21H30O2. The highest BCUT2D eigenvalue weighted by Crippen LogP contribution is 2.70. The van der Waals surface area contributed by atoms with E-state index in [4.69, 9.17) is 0 Å². The fraction of sp³-hybridized carbons (Fsp3) is 0.905. The van der Waals surface area contributed by atoms with Crippen molar-refractivity contribution in [2.75, 3.05) is 0 Å². The van der Waals surface area contributed by atoms with Gasteiger partial charge in [0.25, 0.3) is 0 Å². The summed E-state index contributed by atoms with van der Waals surface area (Å²) in [6.45, 7) is 2.28. The van der Waals surface area contributed by atoms with Crippen LogP contribution in [0.15, 0.2) is 0 Å². The molecule has 5 aliphatic rings. The summed E-state index contributed by atoms with van der Waals surface area (Å²) in [5.41, 5.74) is 0.493. The third-order valence-electron chi connectivity index (χ3n) is 9.09. The van der Waals surface area contributed by atoms with E-state index in [0.717, 1.165) is 49.9 Å². The van der Waals surface area contributed by atoms with Gasteiger partial charge in [0.1, 0.15) is 11.6 Å². The van der Waals surface area contributed by atoms with E-state index in [-0.39, 0.29) is 5.41 Å². The molecule has 126 valence electrons. The predicted molar refractivity (Wildman–Crippen MR) is 88.8 cm³/mol. The zero-order valence-electron chi connectivity index (χ0n) is 14.5. The number of carbonyl (C=O) groups excluding carboxylic acids is 2. The molecule has 0 heterocycles. The van der Waals surface area contributed by atoms with Crippen LogP contribution in [0.25, 0.3) is 0 Å². The van der Waals surface area contributed by atoms with Gasteiger partial charge >= 0.3 is 0 Å². The number of hydrogen-bond acceptors (Lipinski definition) is 2. The molecule has 0 N–H and O–H groups in total. The first-order valence-electron chi connectivity index (χ1n) is 10.1. The number of ketones is 2. The second-order valence-corrected chi connectivity index (χ2v) is 9.70. The van der Waals surface area contributed by atoms with Crippen molar-refractivity contribution < 1.29 is 9.59 Å². The van der Waals surface area contributed by atoms with Crippen molar-refractivity contribution in [3.05, 3.63) is 0 Å². The SMILES string of the molecule is C[C@]12CC[C@H]3[C@@H](CC[C@@H]4CC(=O)CC[C@@]43C3CC3)[C@@H]1CCC2=O. The zero-order chi connectivity index (χ0) is 15.8. The number of fused-ring (bicyclic) bond motifs is 5. The normalized spacial score (nSPS) is 52.7. The van der Waals surface area contributed by atoms with Crippen molar-refractivity contribution in [1.82, 2.24) is 0 Å². The van der Waals surface area contributed by atoms with E-state index in [2.05, 4.69) is 6.92 Å². The van der Waals surface area contributed by atoms with Gasteiger partial charge in [-0.15, -0.1) is 0 Å². The quantitative estimate of drug-likeness (QED) is 0.711. The van der Waals surface area contributed by atoms with Gasteiger partial charge in [0, 0.05) is 24.7 Å². The summed E-state index contributed by atoms with van der Waals surface area (Å²) in [6.07, 6.45) is 12.7. The van der Waals surface area contributed by atoms with Crippen LogP contribution in [-0.4, -0.2) is 11.6 Å². The van der Waals surface area contributed by atoms with E-state index >= 15 is 0 Å². The fourth-order valence-corrected chi connectivity index (χ4v) is 7.97. The highest BCUT2D eigenvalue weighted by Gasteiger charge is 2.64. The Morgan fingerprint density at radius 1 is 0.826 bits per heavy atom. The first-order valence-corrected chi connectivity index (χ1v) is 10.1. The van der Waals surface area contributed by atoms with Crippen LogP contribution in [0.5, 0.6) is 0 Å². The Morgan fingerprint density at radius 2 is 1.61 bits per heavy atom. The molecule has 5 aliphatic carbocycles. The molecule has 0 aliphatic heterocycles. The topological polar surface area (TPSA) is 34.1 Å². The van der Waals surface area contributed by atoms with Crippen LogP contribution < -0.4 is 0 Å². The van der Waals surface area contributed by atoms with Gasteiger partial charge < -0.3 is 0 Å². The van der Waals surface area contributed by atoms with Crippen LogP contribution in [0.2, 0.25) is 0 Å². The highest BCUT2D eigenvalue weighted by atomic mass is 16.1. The molecule has 0 radical (unpaired) electrons. The van der Waals surface area contributed by atoms with Crippen LogP contribution in [0, 0.1) is 40.4 Å². The molecule has 6 atom stereocenters. The number of Topliss-reactive ketones (excluding diaryl/α,β-unsaturated/α-hetero) is 2. The minimum Gasteiger partial charge on any atom is -0.300 e. The maximum atomic E-state index is 12.5. The number of hydrogen-bond donors (Lipinski definition) is 0. The fourth-order valence-electron chi connectivity index (χ4n) is 7.97. The maximum Gasteiger partial charge on any atom is 0.139 e. The van der Waals surface area contributed by atoms with Gasteiger partial charge in [-0.2, -0.15) is 0 Å². The second-order valence-electron chi connectivity index (χ2n) is 9.70. The minimum atomic E-state index is 0.00320. The summed E-state index contributed by atoms with van der Waals surface area (Å²) >= 11 is 0. The Hall–Kier alpha value is -0.660. The number of rotatable bonds is 1. The molecule has 5 rings (SSSR count). The molecule has 0 amide bonds. The van der Waals surface area contributed by atoms with Gasteiger partial charge in [0.2, 0.25) is 0 Å². The minimum absolute atomic E-state index is 0.00320. The largest absolute Gasteiger partial charge is 0.300 e. The van der Waals surface area contributed by atoms with E-state index in [0.29, 0.717) is 28.8 Å². The molecular weight excluding hydrogens is 284 g/mol. The number of carbonyl (C=O) groups is 2. The summed E-state index contributed by atoms with van der Waals surface area (Å²) in [5.74, 6) is 4.94. The predicted octanol–water partition coefficient (Wildman–Crippen LogP) is 4.56. The monoisotopic (exact) mass is 314 g/mol. The summed E-state index contributed by atoms with van der Waals surface area (Å²) in [7, 11) is 0. The molecule has 23 heavy (non-hydrogen) atoms. The van der Waals surface area contributed by atoms with Gasteiger partial charge in [0.05, 0.1) is 0 Å². The third-order valence-corrected chi connectivity index (χ3v) is 9.09. The van der Waals surface area contributed by atoms with E-state index in [9.17, 15) is 9.59 Å². The Bertz CT molecular complexity index is 562. The van der Waals surface area contributed by atoms with Crippen molar-refractivity contribution in [2.24, 2.45) is 40.4 Å². The highest BCUT2D eigenvalue weighted by molar-refractivity contribution is 5.87. The molecule has 0 aromatic carbocycles. The Morgan fingerprint density at radius 3 is 2.39 bits per heavy atom. The lowest BCUT2D eigenvalue weighted by atomic mass is 9.43. The van der Waals surface area contributed by atoms with Gasteiger partial charge in [-0.05, 0) is 86.4 Å². The van der Waals surface area contributed by atoms with Gasteiger partial charge in [0.15, 0.2) is 0 Å². The average Bonchev–Trinajstić information content (AvgIpc) is 3.34. The third kappa shape index (κ3) is 1.81. The van der Waals surface area contributed by atoms with Crippen LogP contribution in [0.4, 0.5) is 0 Å². The molecule has 0 unspecified atom stereocenters. The van der Waals surface area contributed by atoms with Gasteiger partial charge in [-0.1, -0.05) is 6.92 Å². The van der Waals surface area contributed by atoms with Crippen molar-refractivity contribution in [2.45, 2.75) is 77.6 Å². The Kier molecular flexibility index (Phi) is 3.00. The first-order chi connectivity index (χ1) is 11.1. The summed E-state index contributed by atoms with van der Waals surface area (Å²) in [6, 6.07) is 0. The lowest BCUT2D eigenvalue weighted by Crippen LogP contribution is -2.55. The Labute approximate surface area is 139 Å². The lowest BCUT2D eigenvalue weighted by molar-refractivity contribution is -0.151. The van der Waals surface area contributed by atoms with Gasteiger partial charge in [-0.3, -0.25) is 9.59 Å². The molecule has 2 nitrogen and oxygen atoms in total. The molecule has 0 saturated heterocycles. The van der Waals surface area contributed by atoms with E-state index in [1.165, 1.54) is 38.5 Å². The van der Waals surface area contributed by atoms with Crippen LogP contribution in [0.1, 0.15) is 77.6 Å². The zero-order valence-corrected chi connectivity index (χ0v) is 14.5. The van der Waals surface area contributed by atoms with Crippen LogP contribution >= 0.6 is 0 Å². The molecule has 5 fully saturated rings. The molecule has 0 aromatic rings. The standard InChI is InChI=1S/C21H30O2/c1-20-10-9-18-16(17(20)6-7-19(20)23)5-4-14-12-15(22)8-11-21(14,18)13-2-3-13/h13-14,16-18H,2-12H2,1H3/t14-,16+,17+,18+,20+,21-/m1/s1. The Balaban J connectivity index is 1.52. The van der Waals surface area contributed by atoms with Gasteiger partial charge in [-0.25, -0.2) is 0 Å². The molecule has 0 bridgehead atoms. The second kappa shape index (κ2) is 4.70. The molecule has 5 saturated carbocycles. The lowest BCUT2D eigenvalue weighted by Gasteiger charge is -2.61. The summed E-state index contributed by atoms with van der Waals surface area (Å²) in [4.78, 5) is 24.6. The van der Waals surface area contributed by atoms with Crippen LogP contribution in [-0.2, 0) is 9.59 Å². The van der Waals surface area contributed by atoms with E-state index in [1.54, 1.807) is 0 Å². The first kappa shape index (κ1) is 14.7. The van der Waals surface area contributed by atoms with Crippen molar-refractivity contribution in [3.8, 4) is 0 Å². The maximum absolute atomic E-state index is 12.5. The van der Waals surface area contributed by atoms with E-state index < -0.39 is 0 Å². The van der Waals surface area contributed by atoms with Crippen LogP contribution in [0.3, 0.4) is 0 Å². The average molecular weight is 314 g/mol. The summed E-state index contributed by atoms with van der Waals surface area (Å²) < 4.78 is 0. The summed E-state index contributed by atoms with van der Waals surface area (Å²) in [5, 5.41) is 0. The molecule has 0 aromatic heterocycles. The van der Waals surface area contributed by atoms with Crippen molar-refractivity contribution in [3.63, 3.8) is 0 Å². The smallest absolute Gasteiger partial charge is 0.139 e.